The van der Waals surface area contributed by atoms with E-state index < -0.39 is 29.6 Å². The number of benzene rings is 1. The van der Waals surface area contributed by atoms with Gasteiger partial charge < -0.3 is 18.9 Å². The minimum Gasteiger partial charge on any atom is -0.444 e. The molecule has 1 aliphatic heterocycles. The van der Waals surface area contributed by atoms with Gasteiger partial charge in [0.15, 0.2) is 0 Å². The Labute approximate surface area is 153 Å². The van der Waals surface area contributed by atoms with Crippen molar-refractivity contribution in [2.45, 2.75) is 44.4 Å². The first-order valence-electron chi connectivity index (χ1n) is 8.09. The fourth-order valence-electron chi connectivity index (χ4n) is 2.87. The number of amides is 1. The molecule has 0 spiro atoms. The normalized spacial score (nSPS) is 28.2. The summed E-state index contributed by atoms with van der Waals surface area (Å²) in [5, 5.41) is 0. The number of ether oxygens (including phenoxy) is 4. The molecule has 26 heavy (non-hydrogen) atoms. The molecular weight excluding hydrogens is 338 g/mol. The molecule has 1 saturated heterocycles. The van der Waals surface area contributed by atoms with Gasteiger partial charge in [0.25, 0.3) is 5.79 Å². The molecular formula is C19H23NO6. The van der Waals surface area contributed by atoms with Gasteiger partial charge in [-0.25, -0.2) is 9.59 Å². The Hall–Kier alpha value is -2.56. The van der Waals surface area contributed by atoms with Crippen LogP contribution in [0.3, 0.4) is 0 Å². The summed E-state index contributed by atoms with van der Waals surface area (Å²) >= 11 is 0. The molecule has 1 amide bonds. The maximum atomic E-state index is 12.9. The van der Waals surface area contributed by atoms with Crippen molar-refractivity contribution >= 4 is 12.1 Å². The molecule has 3 atom stereocenters. The summed E-state index contributed by atoms with van der Waals surface area (Å²) in [6.07, 6.45) is 4.58. The van der Waals surface area contributed by atoms with Crippen molar-refractivity contribution in [1.29, 1.82) is 0 Å². The van der Waals surface area contributed by atoms with Crippen molar-refractivity contribution in [1.82, 2.24) is 4.90 Å². The molecule has 7 nitrogen and oxygen atoms in total. The number of cyclic esters (lactones) is 1. The van der Waals surface area contributed by atoms with Crippen LogP contribution in [0.5, 0.6) is 0 Å². The molecule has 0 aliphatic carbocycles. The van der Waals surface area contributed by atoms with Crippen LogP contribution in [0.2, 0.25) is 0 Å². The summed E-state index contributed by atoms with van der Waals surface area (Å²) in [5.74, 6) is 0.173. The third kappa shape index (κ3) is 3.39. The van der Waals surface area contributed by atoms with Crippen LogP contribution >= 0.6 is 0 Å². The van der Waals surface area contributed by atoms with E-state index in [-0.39, 0.29) is 13.0 Å². The van der Waals surface area contributed by atoms with Gasteiger partial charge >= 0.3 is 12.1 Å². The lowest BCUT2D eigenvalue weighted by atomic mass is 9.97. The summed E-state index contributed by atoms with van der Waals surface area (Å²) in [4.78, 5) is 26.5. The smallest absolute Gasteiger partial charge is 0.413 e. The first-order chi connectivity index (χ1) is 12.3. The van der Waals surface area contributed by atoms with Crippen LogP contribution in [-0.2, 0) is 30.3 Å². The molecule has 0 radical (unpaired) electrons. The Morgan fingerprint density at radius 1 is 1.27 bits per heavy atom. The summed E-state index contributed by atoms with van der Waals surface area (Å²) < 4.78 is 21.7. The number of carbonyl (C=O) groups excluding carboxylic acids is 2. The zero-order chi connectivity index (χ0) is 19.4. The monoisotopic (exact) mass is 361 g/mol. The zero-order valence-electron chi connectivity index (χ0n) is 15.4. The van der Waals surface area contributed by atoms with Gasteiger partial charge in [0.05, 0.1) is 0 Å². The first-order valence-corrected chi connectivity index (χ1v) is 8.09. The van der Waals surface area contributed by atoms with Crippen LogP contribution in [0.25, 0.3) is 0 Å². The highest BCUT2D eigenvalue weighted by Gasteiger charge is 2.63. The van der Waals surface area contributed by atoms with E-state index >= 15 is 0 Å². The molecule has 0 bridgehead atoms. The van der Waals surface area contributed by atoms with Gasteiger partial charge in [-0.3, -0.25) is 4.90 Å². The second-order valence-corrected chi connectivity index (χ2v) is 6.09. The van der Waals surface area contributed by atoms with Crippen molar-refractivity contribution in [2.24, 2.45) is 0 Å². The quantitative estimate of drug-likeness (QED) is 0.592. The van der Waals surface area contributed by atoms with Crippen molar-refractivity contribution in [3.8, 4) is 12.3 Å². The van der Waals surface area contributed by atoms with E-state index in [0.29, 0.717) is 0 Å². The Morgan fingerprint density at radius 2 is 1.92 bits per heavy atom. The number of carbonyl (C=O) groups is 2. The fourth-order valence-corrected chi connectivity index (χ4v) is 2.87. The minimum absolute atomic E-state index is 0.0392. The highest BCUT2D eigenvalue weighted by Crippen LogP contribution is 2.40. The number of esters is 1. The number of rotatable bonds is 5. The largest absolute Gasteiger partial charge is 0.444 e. The zero-order valence-corrected chi connectivity index (χ0v) is 15.4. The number of morpholine rings is 1. The summed E-state index contributed by atoms with van der Waals surface area (Å²) in [6.45, 7) is 3.13. The Bertz CT molecular complexity index is 700. The lowest BCUT2D eigenvalue weighted by molar-refractivity contribution is -0.349. The van der Waals surface area contributed by atoms with Crippen LogP contribution in [0, 0.1) is 12.3 Å². The third-order valence-corrected chi connectivity index (χ3v) is 4.68. The molecule has 1 aromatic rings. The minimum atomic E-state index is -1.53. The number of methoxy groups -OCH3 is 2. The summed E-state index contributed by atoms with van der Waals surface area (Å²) in [7, 11) is 2.75. The van der Waals surface area contributed by atoms with Gasteiger partial charge in [0.1, 0.15) is 12.6 Å². The summed E-state index contributed by atoms with van der Waals surface area (Å²) in [5.41, 5.74) is -0.632. The molecule has 0 unspecified atom stereocenters. The highest BCUT2D eigenvalue weighted by atomic mass is 16.7. The van der Waals surface area contributed by atoms with Crippen molar-refractivity contribution in [3.05, 3.63) is 35.9 Å². The van der Waals surface area contributed by atoms with Crippen molar-refractivity contribution < 1.29 is 28.5 Å². The van der Waals surface area contributed by atoms with Crippen LogP contribution < -0.4 is 0 Å². The van der Waals surface area contributed by atoms with Gasteiger partial charge in [-0.15, -0.1) is 12.3 Å². The van der Waals surface area contributed by atoms with Gasteiger partial charge in [-0.1, -0.05) is 30.3 Å². The van der Waals surface area contributed by atoms with E-state index in [1.54, 1.807) is 6.92 Å². The molecule has 0 saturated carbocycles. The molecule has 0 N–H and O–H groups in total. The number of hydrogen-bond donors (Lipinski definition) is 0. The number of nitrogens with zero attached hydrogens (tertiary/aromatic N) is 1. The maximum Gasteiger partial charge on any atom is 0.413 e. The molecule has 1 aliphatic rings. The molecule has 0 aromatic heterocycles. The molecule has 1 aromatic carbocycles. The number of terminal acetylenes is 1. The van der Waals surface area contributed by atoms with Crippen LogP contribution in [-0.4, -0.2) is 48.7 Å². The van der Waals surface area contributed by atoms with E-state index in [0.717, 1.165) is 10.5 Å². The van der Waals surface area contributed by atoms with E-state index in [2.05, 4.69) is 5.92 Å². The second-order valence-electron chi connectivity index (χ2n) is 6.09. The average molecular weight is 361 g/mol. The maximum absolute atomic E-state index is 12.9. The van der Waals surface area contributed by atoms with Crippen molar-refractivity contribution in [3.63, 3.8) is 0 Å². The van der Waals surface area contributed by atoms with E-state index in [1.165, 1.54) is 21.1 Å². The average Bonchev–Trinajstić information content (AvgIpc) is 2.65. The Kier molecular flexibility index (Phi) is 5.90. The predicted molar refractivity (Wildman–Crippen MR) is 92.6 cm³/mol. The second kappa shape index (κ2) is 7.77. The van der Waals surface area contributed by atoms with E-state index in [1.807, 2.05) is 30.3 Å². The van der Waals surface area contributed by atoms with Crippen LogP contribution in [0.4, 0.5) is 4.79 Å². The van der Waals surface area contributed by atoms with E-state index in [9.17, 15) is 9.59 Å². The third-order valence-electron chi connectivity index (χ3n) is 4.68. The summed E-state index contributed by atoms with van der Waals surface area (Å²) in [6, 6.07) is 8.14. The lowest BCUT2D eigenvalue weighted by Crippen LogP contribution is -2.74. The molecule has 7 heteroatoms. The standard InChI is InChI=1S/C19H23NO6/c1-6-10-15-16(21)26-19(3,24-5)18(2,23-4)20(15)17(22)25-13-14-11-8-7-9-12-14/h1,7-9,11-12,15H,10,13H2,2-5H3/t15-,18-,19+/m1/s1. The molecule has 1 heterocycles. The highest BCUT2D eigenvalue weighted by molar-refractivity contribution is 5.84. The lowest BCUT2D eigenvalue weighted by Gasteiger charge is -2.53. The molecule has 140 valence electrons. The van der Waals surface area contributed by atoms with Gasteiger partial charge in [0.2, 0.25) is 5.72 Å². The van der Waals surface area contributed by atoms with Crippen molar-refractivity contribution in [2.75, 3.05) is 14.2 Å². The molecule has 2 rings (SSSR count). The molecule has 1 fully saturated rings. The number of hydrogen-bond acceptors (Lipinski definition) is 6. The Morgan fingerprint density at radius 3 is 2.46 bits per heavy atom. The van der Waals surface area contributed by atoms with Crippen LogP contribution in [0.1, 0.15) is 25.8 Å². The Balaban J connectivity index is 2.34. The van der Waals surface area contributed by atoms with Gasteiger partial charge in [0, 0.05) is 27.6 Å². The first kappa shape index (κ1) is 19.8. The predicted octanol–water partition coefficient (Wildman–Crippen LogP) is 2.30. The van der Waals surface area contributed by atoms with Gasteiger partial charge in [-0.2, -0.15) is 0 Å². The topological polar surface area (TPSA) is 74.3 Å². The SMILES string of the molecule is C#CC[C@@H]1C(=O)O[C@](C)(OC)[C@@](C)(OC)N1C(=O)OCc1ccccc1. The van der Waals surface area contributed by atoms with Gasteiger partial charge in [-0.05, 0) is 12.5 Å². The fraction of sp³-hybridized carbons (Fsp3) is 0.474. The van der Waals surface area contributed by atoms with E-state index in [4.69, 9.17) is 25.4 Å². The van der Waals surface area contributed by atoms with Crippen LogP contribution in [0.15, 0.2) is 30.3 Å².